The summed E-state index contributed by atoms with van der Waals surface area (Å²) in [6, 6.07) is 7.97. The Labute approximate surface area is 168 Å². The van der Waals surface area contributed by atoms with Gasteiger partial charge in [0.25, 0.3) is 0 Å². The van der Waals surface area contributed by atoms with Crippen LogP contribution in [0.1, 0.15) is 18.4 Å². The fourth-order valence-electron chi connectivity index (χ4n) is 3.31. The third-order valence-electron chi connectivity index (χ3n) is 4.79. The van der Waals surface area contributed by atoms with Gasteiger partial charge in [0.05, 0.1) is 22.4 Å². The summed E-state index contributed by atoms with van der Waals surface area (Å²) in [5, 5.41) is 0.610. The molecule has 10 heteroatoms. The molecule has 152 valence electrons. The second-order valence-electron chi connectivity index (χ2n) is 7.05. The number of hydrogen-bond donors (Lipinski definition) is 2. The van der Waals surface area contributed by atoms with Crippen LogP contribution in [0.5, 0.6) is 17.2 Å². The first-order valence-electron chi connectivity index (χ1n) is 8.91. The number of fused-ring (bicyclic) bond motifs is 3. The molecule has 0 amide bonds. The number of hydrogen-bond acceptors (Lipinski definition) is 8. The van der Waals surface area contributed by atoms with Crippen LogP contribution in [0.15, 0.2) is 35.2 Å². The Morgan fingerprint density at radius 2 is 1.86 bits per heavy atom. The predicted octanol–water partition coefficient (Wildman–Crippen LogP) is 2.33. The van der Waals surface area contributed by atoms with Crippen LogP contribution in [0.3, 0.4) is 0 Å². The van der Waals surface area contributed by atoms with Crippen LogP contribution in [-0.2, 0) is 10.0 Å². The van der Waals surface area contributed by atoms with Gasteiger partial charge in [-0.3, -0.25) is 0 Å². The van der Waals surface area contributed by atoms with Gasteiger partial charge in [-0.2, -0.15) is 4.98 Å². The zero-order valence-electron chi connectivity index (χ0n) is 16.2. The maximum absolute atomic E-state index is 12.2. The summed E-state index contributed by atoms with van der Waals surface area (Å²) in [6.07, 6.45) is 0. The average Bonchev–Trinajstić information content (AvgIpc) is 3.03. The molecule has 2 aromatic carbocycles. The molecule has 4 rings (SSSR count). The van der Waals surface area contributed by atoms with E-state index in [2.05, 4.69) is 9.97 Å². The van der Waals surface area contributed by atoms with Gasteiger partial charge in [-0.05, 0) is 24.3 Å². The Balaban J connectivity index is 1.78. The molecule has 29 heavy (non-hydrogen) atoms. The van der Waals surface area contributed by atoms with Gasteiger partial charge in [0.1, 0.15) is 23.1 Å². The fourth-order valence-corrected chi connectivity index (χ4v) is 4.21. The molecule has 4 N–H and O–H groups in total. The van der Waals surface area contributed by atoms with Crippen molar-refractivity contribution in [3.05, 3.63) is 35.9 Å². The summed E-state index contributed by atoms with van der Waals surface area (Å²) in [7, 11) is -0.540. The minimum absolute atomic E-state index is 0.0604. The molecular weight excluding hydrogens is 394 g/mol. The van der Waals surface area contributed by atoms with E-state index >= 15 is 0 Å². The van der Waals surface area contributed by atoms with Crippen molar-refractivity contribution in [1.29, 1.82) is 0 Å². The minimum Gasteiger partial charge on any atom is -0.492 e. The Kier molecular flexibility index (Phi) is 4.47. The molecule has 0 spiro atoms. The van der Waals surface area contributed by atoms with Crippen molar-refractivity contribution in [1.82, 2.24) is 14.3 Å². The van der Waals surface area contributed by atoms with Gasteiger partial charge in [-0.1, -0.05) is 6.92 Å². The maximum Gasteiger partial charge on any atom is 0.242 e. The number of benzene rings is 2. The summed E-state index contributed by atoms with van der Waals surface area (Å²) in [5.74, 6) is 2.02. The number of nitrogens with two attached hydrogens (primary N) is 2. The van der Waals surface area contributed by atoms with Crippen LogP contribution < -0.4 is 20.9 Å². The van der Waals surface area contributed by atoms with E-state index in [9.17, 15) is 8.42 Å². The van der Waals surface area contributed by atoms with Crippen molar-refractivity contribution in [2.45, 2.75) is 17.7 Å². The van der Waals surface area contributed by atoms with E-state index < -0.39 is 10.0 Å². The highest BCUT2D eigenvalue weighted by Crippen LogP contribution is 2.47. The molecule has 0 aliphatic carbocycles. The van der Waals surface area contributed by atoms with E-state index in [1.165, 1.54) is 26.2 Å². The standard InChI is InChI=1S/C19H21N5O4S/c1-10-9-27-17-15(10)14(8-13-16(17)18(20)23-19(21)22-13)28-11-4-6-12(7-5-11)29(25,26)24(2)3/h4-8,10H,9H2,1-3H3,(H4,20,21,22,23). The highest BCUT2D eigenvalue weighted by Gasteiger charge is 2.29. The maximum atomic E-state index is 12.2. The first-order chi connectivity index (χ1) is 13.7. The Bertz CT molecular complexity index is 1210. The van der Waals surface area contributed by atoms with Gasteiger partial charge in [-0.25, -0.2) is 17.7 Å². The van der Waals surface area contributed by atoms with Gasteiger partial charge in [0, 0.05) is 31.6 Å². The van der Waals surface area contributed by atoms with Crippen molar-refractivity contribution in [3.63, 3.8) is 0 Å². The molecule has 0 saturated carbocycles. The minimum atomic E-state index is -3.51. The van der Waals surface area contributed by atoms with E-state index in [4.69, 9.17) is 20.9 Å². The van der Waals surface area contributed by atoms with Crippen molar-refractivity contribution in [3.8, 4) is 17.2 Å². The molecule has 0 bridgehead atoms. The van der Waals surface area contributed by atoms with E-state index in [1.54, 1.807) is 18.2 Å². The molecule has 1 atom stereocenters. The van der Waals surface area contributed by atoms with E-state index in [0.717, 1.165) is 9.87 Å². The van der Waals surface area contributed by atoms with Crippen molar-refractivity contribution in [2.24, 2.45) is 0 Å². The number of sulfonamides is 1. The summed E-state index contributed by atoms with van der Waals surface area (Å²) in [6.45, 7) is 2.50. The number of rotatable bonds is 4. The highest BCUT2D eigenvalue weighted by atomic mass is 32.2. The lowest BCUT2D eigenvalue weighted by Gasteiger charge is -2.15. The fraction of sp³-hybridized carbons (Fsp3) is 0.263. The van der Waals surface area contributed by atoms with Crippen molar-refractivity contribution < 1.29 is 17.9 Å². The molecular formula is C19H21N5O4S. The van der Waals surface area contributed by atoms with E-state index in [-0.39, 0.29) is 22.6 Å². The summed E-state index contributed by atoms with van der Waals surface area (Å²) < 4.78 is 37.6. The first-order valence-corrected chi connectivity index (χ1v) is 10.4. The lowest BCUT2D eigenvalue weighted by molar-refractivity contribution is 0.340. The Morgan fingerprint density at radius 3 is 2.52 bits per heavy atom. The number of anilines is 2. The van der Waals surface area contributed by atoms with Gasteiger partial charge >= 0.3 is 0 Å². The topological polar surface area (TPSA) is 134 Å². The summed E-state index contributed by atoms with van der Waals surface area (Å²) >= 11 is 0. The molecule has 1 aliphatic rings. The molecule has 9 nitrogen and oxygen atoms in total. The summed E-state index contributed by atoms with van der Waals surface area (Å²) in [4.78, 5) is 8.46. The lowest BCUT2D eigenvalue weighted by atomic mass is 9.99. The molecule has 1 unspecified atom stereocenters. The number of aromatic nitrogens is 2. The van der Waals surface area contributed by atoms with Crippen molar-refractivity contribution in [2.75, 3.05) is 32.2 Å². The highest BCUT2D eigenvalue weighted by molar-refractivity contribution is 7.89. The molecule has 3 aromatic rings. The van der Waals surface area contributed by atoms with Crippen LogP contribution in [0.25, 0.3) is 10.9 Å². The number of nitrogens with zero attached hydrogens (tertiary/aromatic N) is 3. The smallest absolute Gasteiger partial charge is 0.242 e. The quantitative estimate of drug-likeness (QED) is 0.663. The molecule has 0 radical (unpaired) electrons. The zero-order valence-corrected chi connectivity index (χ0v) is 17.0. The van der Waals surface area contributed by atoms with Crippen LogP contribution in [-0.4, -0.2) is 43.4 Å². The third-order valence-corrected chi connectivity index (χ3v) is 6.62. The normalized spacial score (nSPS) is 16.1. The Morgan fingerprint density at radius 1 is 1.17 bits per heavy atom. The van der Waals surface area contributed by atoms with E-state index in [1.807, 2.05) is 6.92 Å². The number of nitrogen functional groups attached to an aromatic ring is 2. The van der Waals surface area contributed by atoms with Crippen LogP contribution in [0, 0.1) is 0 Å². The van der Waals surface area contributed by atoms with Gasteiger partial charge in [0.15, 0.2) is 0 Å². The molecule has 2 heterocycles. The second-order valence-corrected chi connectivity index (χ2v) is 9.20. The largest absolute Gasteiger partial charge is 0.492 e. The number of ether oxygens (including phenoxy) is 2. The Hall–Kier alpha value is -3.11. The van der Waals surface area contributed by atoms with Gasteiger partial charge in [0.2, 0.25) is 16.0 Å². The van der Waals surface area contributed by atoms with Gasteiger partial charge < -0.3 is 20.9 Å². The van der Waals surface area contributed by atoms with Crippen LogP contribution in [0.2, 0.25) is 0 Å². The average molecular weight is 415 g/mol. The summed E-state index contributed by atoms with van der Waals surface area (Å²) in [5.41, 5.74) is 13.2. The first kappa shape index (κ1) is 19.2. The second kappa shape index (κ2) is 6.75. The SMILES string of the molecule is CC1COc2c1c(Oc1ccc(S(=O)(=O)N(C)C)cc1)cc1nc(N)nc(N)c21. The predicted molar refractivity (Wildman–Crippen MR) is 110 cm³/mol. The van der Waals surface area contributed by atoms with Crippen LogP contribution >= 0.6 is 0 Å². The third kappa shape index (κ3) is 3.19. The monoisotopic (exact) mass is 415 g/mol. The van der Waals surface area contributed by atoms with E-state index in [0.29, 0.717) is 34.8 Å². The van der Waals surface area contributed by atoms with Crippen molar-refractivity contribution >= 4 is 32.7 Å². The molecule has 0 fully saturated rings. The van der Waals surface area contributed by atoms with Crippen LogP contribution in [0.4, 0.5) is 11.8 Å². The van der Waals surface area contributed by atoms with Gasteiger partial charge in [-0.15, -0.1) is 0 Å². The zero-order chi connectivity index (χ0) is 20.9. The molecule has 0 saturated heterocycles. The lowest BCUT2D eigenvalue weighted by Crippen LogP contribution is -2.22. The molecule has 1 aliphatic heterocycles. The molecule has 1 aromatic heterocycles.